The summed E-state index contributed by atoms with van der Waals surface area (Å²) in [5.41, 5.74) is 2.20. The monoisotopic (exact) mass is 356 g/mol. The van der Waals surface area contributed by atoms with Gasteiger partial charge in [-0.2, -0.15) is 0 Å². The first-order valence-electron chi connectivity index (χ1n) is 7.40. The van der Waals surface area contributed by atoms with Gasteiger partial charge in [-0.25, -0.2) is 14.4 Å². The van der Waals surface area contributed by atoms with Crippen molar-refractivity contribution in [1.82, 2.24) is 9.97 Å². The third-order valence-electron chi connectivity index (χ3n) is 3.59. The quantitative estimate of drug-likeness (QED) is 0.757. The minimum atomic E-state index is -0.465. The van der Waals surface area contributed by atoms with E-state index in [0.717, 1.165) is 5.69 Å². The zero-order valence-corrected chi connectivity index (χ0v) is 14.0. The van der Waals surface area contributed by atoms with E-state index in [1.165, 1.54) is 24.5 Å². The van der Waals surface area contributed by atoms with Crippen molar-refractivity contribution < 1.29 is 9.18 Å². The third-order valence-corrected chi connectivity index (χ3v) is 3.91. The van der Waals surface area contributed by atoms with Crippen molar-refractivity contribution in [3.8, 4) is 0 Å². The molecule has 0 bridgehead atoms. The Kier molecular flexibility index (Phi) is 4.90. The number of hydrogen-bond donors (Lipinski definition) is 1. The van der Waals surface area contributed by atoms with Gasteiger partial charge in [0.15, 0.2) is 0 Å². The van der Waals surface area contributed by atoms with Crippen LogP contribution >= 0.6 is 11.6 Å². The zero-order chi connectivity index (χ0) is 17.8. The maximum Gasteiger partial charge on any atom is 0.255 e. The highest BCUT2D eigenvalue weighted by molar-refractivity contribution is 6.33. The number of hydrogen-bond acceptors (Lipinski definition) is 4. The molecule has 0 unspecified atom stereocenters. The van der Waals surface area contributed by atoms with E-state index in [0.29, 0.717) is 16.4 Å². The van der Waals surface area contributed by atoms with Gasteiger partial charge >= 0.3 is 0 Å². The molecule has 5 nitrogen and oxygen atoms in total. The van der Waals surface area contributed by atoms with Gasteiger partial charge in [0.1, 0.15) is 12.1 Å². The molecule has 0 aliphatic carbocycles. The van der Waals surface area contributed by atoms with Crippen LogP contribution in [0.2, 0.25) is 5.02 Å². The molecule has 0 saturated carbocycles. The average Bonchev–Trinajstić information content (AvgIpc) is 2.63. The molecular formula is C18H14ClFN4O. The number of anilines is 3. The molecule has 0 aliphatic heterocycles. The van der Waals surface area contributed by atoms with Gasteiger partial charge in [-0.05, 0) is 36.4 Å². The maximum absolute atomic E-state index is 13.3. The fourth-order valence-corrected chi connectivity index (χ4v) is 2.53. The van der Waals surface area contributed by atoms with E-state index < -0.39 is 11.7 Å². The summed E-state index contributed by atoms with van der Waals surface area (Å²) >= 11 is 6.27. The van der Waals surface area contributed by atoms with Crippen molar-refractivity contribution in [1.29, 1.82) is 0 Å². The number of halogens is 2. The first kappa shape index (κ1) is 16.9. The van der Waals surface area contributed by atoms with Gasteiger partial charge in [-0.1, -0.05) is 17.7 Å². The highest BCUT2D eigenvalue weighted by Gasteiger charge is 2.12. The van der Waals surface area contributed by atoms with E-state index >= 15 is 0 Å². The minimum Gasteiger partial charge on any atom is -0.341 e. The lowest BCUT2D eigenvalue weighted by Crippen LogP contribution is -2.14. The number of rotatable bonds is 4. The van der Waals surface area contributed by atoms with Gasteiger partial charge in [0, 0.05) is 18.3 Å². The summed E-state index contributed by atoms with van der Waals surface area (Å²) in [5, 5.41) is 3.25. The molecule has 0 spiro atoms. The Balaban J connectivity index is 1.85. The second-order valence-electron chi connectivity index (χ2n) is 5.29. The molecular weight excluding hydrogens is 343 g/mol. The normalized spacial score (nSPS) is 10.4. The van der Waals surface area contributed by atoms with Crippen LogP contribution in [0.15, 0.2) is 61.2 Å². The topological polar surface area (TPSA) is 58.1 Å². The number of nitrogens with zero attached hydrogens (tertiary/aromatic N) is 3. The Morgan fingerprint density at radius 1 is 1.16 bits per heavy atom. The predicted molar refractivity (Wildman–Crippen MR) is 95.9 cm³/mol. The van der Waals surface area contributed by atoms with Crippen LogP contribution in [-0.2, 0) is 0 Å². The van der Waals surface area contributed by atoms with E-state index in [4.69, 9.17) is 11.6 Å². The molecule has 25 heavy (non-hydrogen) atoms. The van der Waals surface area contributed by atoms with Crippen molar-refractivity contribution in [3.63, 3.8) is 0 Å². The van der Waals surface area contributed by atoms with Crippen molar-refractivity contribution in [2.24, 2.45) is 0 Å². The standard InChI is InChI=1S/C18H14ClFN4O/c1-24(15-9-21-11-22-10-15)17-8-14(5-6-16(17)19)23-18(25)12-3-2-4-13(20)7-12/h2-11H,1H3,(H,23,25). The van der Waals surface area contributed by atoms with Crippen LogP contribution in [-0.4, -0.2) is 22.9 Å². The van der Waals surface area contributed by atoms with E-state index in [1.54, 1.807) is 41.6 Å². The molecule has 1 heterocycles. The SMILES string of the molecule is CN(c1cncnc1)c1cc(NC(=O)c2cccc(F)c2)ccc1Cl. The summed E-state index contributed by atoms with van der Waals surface area (Å²) in [5.74, 6) is -0.869. The molecule has 0 fully saturated rings. The third kappa shape index (κ3) is 3.92. The van der Waals surface area contributed by atoms with Gasteiger partial charge in [0.25, 0.3) is 5.91 Å². The van der Waals surface area contributed by atoms with E-state index in [2.05, 4.69) is 15.3 Å². The van der Waals surface area contributed by atoms with Crippen LogP contribution in [0.5, 0.6) is 0 Å². The Labute approximate surface area is 149 Å². The number of nitrogens with one attached hydrogen (secondary N) is 1. The zero-order valence-electron chi connectivity index (χ0n) is 13.3. The Morgan fingerprint density at radius 3 is 2.64 bits per heavy atom. The molecule has 1 amide bonds. The van der Waals surface area contributed by atoms with E-state index in [9.17, 15) is 9.18 Å². The van der Waals surface area contributed by atoms with Crippen molar-refractivity contribution in [2.45, 2.75) is 0 Å². The molecule has 0 radical (unpaired) electrons. The highest BCUT2D eigenvalue weighted by Crippen LogP contribution is 2.32. The number of carbonyl (C=O) groups is 1. The molecule has 7 heteroatoms. The minimum absolute atomic E-state index is 0.237. The first-order valence-corrected chi connectivity index (χ1v) is 7.77. The summed E-state index contributed by atoms with van der Waals surface area (Å²) in [7, 11) is 1.82. The second kappa shape index (κ2) is 7.27. The Hall–Kier alpha value is -2.99. The highest BCUT2D eigenvalue weighted by atomic mass is 35.5. The molecule has 0 saturated heterocycles. The molecule has 2 aromatic carbocycles. The largest absolute Gasteiger partial charge is 0.341 e. The van der Waals surface area contributed by atoms with Gasteiger partial charge < -0.3 is 10.2 Å². The van der Waals surface area contributed by atoms with Gasteiger partial charge in [-0.15, -0.1) is 0 Å². The number of carbonyl (C=O) groups excluding carboxylic acids is 1. The van der Waals surface area contributed by atoms with E-state index in [1.807, 2.05) is 7.05 Å². The van der Waals surface area contributed by atoms with Crippen LogP contribution in [0.3, 0.4) is 0 Å². The van der Waals surface area contributed by atoms with Gasteiger partial charge in [0.2, 0.25) is 0 Å². The summed E-state index contributed by atoms with van der Waals surface area (Å²) in [6, 6.07) is 10.6. The predicted octanol–water partition coefficient (Wildman–Crippen LogP) is 4.29. The van der Waals surface area contributed by atoms with Gasteiger partial charge in [-0.3, -0.25) is 4.79 Å². The number of aromatic nitrogens is 2. The molecule has 1 aromatic heterocycles. The average molecular weight is 357 g/mol. The fraction of sp³-hybridized carbons (Fsp3) is 0.0556. The van der Waals surface area contributed by atoms with Crippen molar-refractivity contribution in [3.05, 3.63) is 77.6 Å². The van der Waals surface area contributed by atoms with Crippen molar-refractivity contribution in [2.75, 3.05) is 17.3 Å². The number of benzene rings is 2. The lowest BCUT2D eigenvalue weighted by Gasteiger charge is -2.20. The molecule has 3 aromatic rings. The first-order chi connectivity index (χ1) is 12.0. The van der Waals surface area contributed by atoms with Crippen molar-refractivity contribution >= 4 is 34.6 Å². The summed E-state index contributed by atoms with van der Waals surface area (Å²) in [6.07, 6.45) is 4.75. The smallest absolute Gasteiger partial charge is 0.255 e. The molecule has 0 atom stereocenters. The van der Waals surface area contributed by atoms with Crippen LogP contribution in [0.25, 0.3) is 0 Å². The summed E-state index contributed by atoms with van der Waals surface area (Å²) in [6.45, 7) is 0. The van der Waals surface area contributed by atoms with E-state index in [-0.39, 0.29) is 5.56 Å². The van der Waals surface area contributed by atoms with Crippen LogP contribution < -0.4 is 10.2 Å². The summed E-state index contributed by atoms with van der Waals surface area (Å²) < 4.78 is 13.3. The lowest BCUT2D eigenvalue weighted by atomic mass is 10.2. The summed E-state index contributed by atoms with van der Waals surface area (Å²) in [4.78, 5) is 22.0. The van der Waals surface area contributed by atoms with Crippen LogP contribution in [0.4, 0.5) is 21.5 Å². The van der Waals surface area contributed by atoms with Gasteiger partial charge in [0.05, 0.1) is 28.8 Å². The Bertz CT molecular complexity index is 905. The molecule has 0 aliphatic rings. The molecule has 126 valence electrons. The Morgan fingerprint density at radius 2 is 1.92 bits per heavy atom. The fourth-order valence-electron chi connectivity index (χ4n) is 2.28. The van der Waals surface area contributed by atoms with Crippen LogP contribution in [0, 0.1) is 5.82 Å². The molecule has 1 N–H and O–H groups in total. The van der Waals surface area contributed by atoms with Crippen LogP contribution in [0.1, 0.15) is 10.4 Å². The lowest BCUT2D eigenvalue weighted by molar-refractivity contribution is 0.102. The maximum atomic E-state index is 13.3. The number of amides is 1. The second-order valence-corrected chi connectivity index (χ2v) is 5.69. The molecule has 3 rings (SSSR count).